The van der Waals surface area contributed by atoms with Gasteiger partial charge in [0.05, 0.1) is 0 Å². The Morgan fingerprint density at radius 2 is 2.04 bits per heavy atom. The van der Waals surface area contributed by atoms with Crippen molar-refractivity contribution in [2.24, 2.45) is 0 Å². The predicted octanol–water partition coefficient (Wildman–Crippen LogP) is 4.37. The van der Waals surface area contributed by atoms with Crippen molar-refractivity contribution in [3.63, 3.8) is 0 Å². The molecule has 25 heavy (non-hydrogen) atoms. The Hall–Kier alpha value is -2.56. The van der Waals surface area contributed by atoms with E-state index in [0.717, 1.165) is 18.1 Å². The molecular formula is C20H26N4O. The van der Waals surface area contributed by atoms with E-state index in [1.54, 1.807) is 6.20 Å². The summed E-state index contributed by atoms with van der Waals surface area (Å²) in [5.41, 5.74) is 4.63. The molecule has 1 atom stereocenters. The number of rotatable bonds is 5. The lowest BCUT2D eigenvalue weighted by Crippen LogP contribution is -2.17. The number of nitrogens with one attached hydrogen (secondary N) is 1. The molecule has 1 unspecified atom stereocenters. The van der Waals surface area contributed by atoms with Gasteiger partial charge < -0.3 is 14.5 Å². The maximum atomic E-state index is 12.4. The number of fused-ring (bicyclic) bond motifs is 1. The van der Waals surface area contributed by atoms with Crippen LogP contribution in [0.5, 0.6) is 0 Å². The number of amides is 1. The minimum atomic E-state index is 0.0178. The highest BCUT2D eigenvalue weighted by Gasteiger charge is 2.14. The molecule has 5 nitrogen and oxygen atoms in total. The Labute approximate surface area is 148 Å². The van der Waals surface area contributed by atoms with Crippen LogP contribution < -0.4 is 5.32 Å². The van der Waals surface area contributed by atoms with Gasteiger partial charge in [0.1, 0.15) is 5.82 Å². The molecule has 1 N–H and O–H groups in total. The summed E-state index contributed by atoms with van der Waals surface area (Å²) in [4.78, 5) is 16.6. The molecule has 0 aliphatic heterocycles. The Bertz CT molecular complexity index is 919. The molecule has 0 saturated carbocycles. The Kier molecular flexibility index (Phi) is 4.66. The maximum Gasteiger partial charge on any atom is 0.226 e. The number of carbonyl (C=O) groups is 1. The van der Waals surface area contributed by atoms with Crippen LogP contribution in [0.25, 0.3) is 10.9 Å². The Morgan fingerprint density at radius 3 is 2.68 bits per heavy atom. The number of hydrogen-bond acceptors (Lipinski definition) is 2. The van der Waals surface area contributed by atoms with Crippen molar-refractivity contribution in [2.45, 2.75) is 53.6 Å². The average molecular weight is 338 g/mol. The zero-order valence-electron chi connectivity index (χ0n) is 15.6. The molecule has 2 aromatic heterocycles. The lowest BCUT2D eigenvalue weighted by Gasteiger charge is -2.15. The van der Waals surface area contributed by atoms with Gasteiger partial charge in [-0.05, 0) is 58.4 Å². The van der Waals surface area contributed by atoms with Gasteiger partial charge in [-0.15, -0.1) is 0 Å². The summed E-state index contributed by atoms with van der Waals surface area (Å²) in [5.74, 6) is 0.943. The van der Waals surface area contributed by atoms with Gasteiger partial charge >= 0.3 is 0 Å². The molecule has 0 saturated heterocycles. The number of hydrogen-bond donors (Lipinski definition) is 1. The van der Waals surface area contributed by atoms with E-state index in [-0.39, 0.29) is 11.9 Å². The molecular weight excluding hydrogens is 312 g/mol. The van der Waals surface area contributed by atoms with E-state index in [4.69, 9.17) is 0 Å². The number of benzene rings is 1. The highest BCUT2D eigenvalue weighted by Crippen LogP contribution is 2.28. The van der Waals surface area contributed by atoms with Crippen LogP contribution in [0, 0.1) is 20.8 Å². The minimum absolute atomic E-state index is 0.0178. The standard InChI is InChI=1S/C20H26N4O/c1-6-23-15(4)14(3)18-12-17(7-8-19(18)23)22-20(25)11-13(2)24-10-9-21-16(24)5/h7-10,12-13H,6,11H2,1-5H3,(H,22,25). The van der Waals surface area contributed by atoms with Crippen LogP contribution in [0.15, 0.2) is 30.6 Å². The molecule has 0 bridgehead atoms. The SMILES string of the molecule is CCn1c(C)c(C)c2cc(NC(=O)CC(C)n3ccnc3C)ccc21. The van der Waals surface area contributed by atoms with Gasteiger partial charge in [-0.2, -0.15) is 0 Å². The number of carbonyl (C=O) groups excluding carboxylic acids is 1. The average Bonchev–Trinajstić information content (AvgIpc) is 3.10. The second-order valence-corrected chi connectivity index (χ2v) is 6.67. The molecule has 5 heteroatoms. The van der Waals surface area contributed by atoms with Crippen molar-refractivity contribution in [3.05, 3.63) is 47.7 Å². The van der Waals surface area contributed by atoms with Crippen LogP contribution in [0.3, 0.4) is 0 Å². The summed E-state index contributed by atoms with van der Waals surface area (Å²) in [6.45, 7) is 11.4. The van der Waals surface area contributed by atoms with Crippen molar-refractivity contribution >= 4 is 22.5 Å². The first-order valence-electron chi connectivity index (χ1n) is 8.81. The topological polar surface area (TPSA) is 51.9 Å². The summed E-state index contributed by atoms with van der Waals surface area (Å²) in [7, 11) is 0. The van der Waals surface area contributed by atoms with E-state index in [1.807, 2.05) is 30.7 Å². The molecule has 2 heterocycles. The maximum absolute atomic E-state index is 12.4. The summed E-state index contributed by atoms with van der Waals surface area (Å²) in [6, 6.07) is 6.24. The molecule has 1 aromatic carbocycles. The van der Waals surface area contributed by atoms with Crippen LogP contribution in [0.1, 0.15) is 43.4 Å². The van der Waals surface area contributed by atoms with Gasteiger partial charge in [0.2, 0.25) is 5.91 Å². The first kappa shape index (κ1) is 17.3. The number of aromatic nitrogens is 3. The van der Waals surface area contributed by atoms with E-state index in [0.29, 0.717) is 6.42 Å². The van der Waals surface area contributed by atoms with Gasteiger partial charge in [0, 0.05) is 53.7 Å². The fourth-order valence-corrected chi connectivity index (χ4v) is 3.57. The fourth-order valence-electron chi connectivity index (χ4n) is 3.57. The van der Waals surface area contributed by atoms with Crippen LogP contribution in [-0.4, -0.2) is 20.0 Å². The highest BCUT2D eigenvalue weighted by atomic mass is 16.1. The van der Waals surface area contributed by atoms with Gasteiger partial charge in [0.25, 0.3) is 0 Å². The first-order chi connectivity index (χ1) is 11.9. The zero-order chi connectivity index (χ0) is 18.1. The van der Waals surface area contributed by atoms with E-state index >= 15 is 0 Å². The first-order valence-corrected chi connectivity index (χ1v) is 8.81. The second-order valence-electron chi connectivity index (χ2n) is 6.67. The number of imidazole rings is 1. The third-order valence-electron chi connectivity index (χ3n) is 5.06. The lowest BCUT2D eigenvalue weighted by atomic mass is 10.1. The largest absolute Gasteiger partial charge is 0.345 e. The van der Waals surface area contributed by atoms with E-state index in [1.165, 1.54) is 22.2 Å². The van der Waals surface area contributed by atoms with Crippen molar-refractivity contribution in [3.8, 4) is 0 Å². The number of anilines is 1. The molecule has 3 rings (SSSR count). The van der Waals surface area contributed by atoms with Gasteiger partial charge in [-0.3, -0.25) is 4.79 Å². The molecule has 0 aliphatic rings. The minimum Gasteiger partial charge on any atom is -0.345 e. The monoisotopic (exact) mass is 338 g/mol. The molecule has 0 radical (unpaired) electrons. The summed E-state index contributed by atoms with van der Waals surface area (Å²) < 4.78 is 4.33. The molecule has 1 amide bonds. The summed E-state index contributed by atoms with van der Waals surface area (Å²) in [5, 5.41) is 4.24. The van der Waals surface area contributed by atoms with Gasteiger partial charge in [-0.1, -0.05) is 0 Å². The van der Waals surface area contributed by atoms with Gasteiger partial charge in [0.15, 0.2) is 0 Å². The van der Waals surface area contributed by atoms with Crippen LogP contribution in [0.2, 0.25) is 0 Å². The smallest absolute Gasteiger partial charge is 0.226 e. The number of nitrogens with zero attached hydrogens (tertiary/aromatic N) is 3. The van der Waals surface area contributed by atoms with Crippen molar-refractivity contribution in [2.75, 3.05) is 5.32 Å². The van der Waals surface area contributed by atoms with Crippen LogP contribution >= 0.6 is 0 Å². The lowest BCUT2D eigenvalue weighted by molar-refractivity contribution is -0.116. The van der Waals surface area contributed by atoms with Crippen molar-refractivity contribution < 1.29 is 4.79 Å². The summed E-state index contributed by atoms with van der Waals surface area (Å²) >= 11 is 0. The van der Waals surface area contributed by atoms with E-state index in [9.17, 15) is 4.79 Å². The van der Waals surface area contributed by atoms with E-state index < -0.39 is 0 Å². The van der Waals surface area contributed by atoms with Crippen LogP contribution in [-0.2, 0) is 11.3 Å². The second kappa shape index (κ2) is 6.75. The third-order valence-corrected chi connectivity index (χ3v) is 5.06. The molecule has 3 aromatic rings. The van der Waals surface area contributed by atoms with Crippen molar-refractivity contribution in [1.29, 1.82) is 0 Å². The molecule has 0 fully saturated rings. The zero-order valence-corrected chi connectivity index (χ0v) is 15.6. The molecule has 132 valence electrons. The van der Waals surface area contributed by atoms with Crippen molar-refractivity contribution in [1.82, 2.24) is 14.1 Å². The highest BCUT2D eigenvalue weighted by molar-refractivity contribution is 5.95. The van der Waals surface area contributed by atoms with Gasteiger partial charge in [-0.25, -0.2) is 4.98 Å². The fraction of sp³-hybridized carbons (Fsp3) is 0.400. The molecule has 0 spiro atoms. The Morgan fingerprint density at radius 1 is 1.28 bits per heavy atom. The third kappa shape index (κ3) is 3.18. The summed E-state index contributed by atoms with van der Waals surface area (Å²) in [6.07, 6.45) is 4.10. The Balaban J connectivity index is 1.77. The normalized spacial score (nSPS) is 12.5. The van der Waals surface area contributed by atoms with E-state index in [2.05, 4.69) is 47.8 Å². The van der Waals surface area contributed by atoms with Crippen LogP contribution in [0.4, 0.5) is 5.69 Å². The number of aryl methyl sites for hydroxylation is 3. The quantitative estimate of drug-likeness (QED) is 0.751. The predicted molar refractivity (Wildman–Crippen MR) is 102 cm³/mol. The molecule has 0 aliphatic carbocycles.